The molecule has 0 unspecified atom stereocenters. The van der Waals surface area contributed by atoms with Gasteiger partial charge in [-0.3, -0.25) is 4.79 Å². The molecule has 0 radical (unpaired) electrons. The first kappa shape index (κ1) is 13.2. The predicted molar refractivity (Wildman–Crippen MR) is 74.8 cm³/mol. The first-order valence-corrected chi connectivity index (χ1v) is 6.24. The normalized spacial score (nSPS) is 10.9. The Morgan fingerprint density at radius 1 is 1.47 bits per heavy atom. The second kappa shape index (κ2) is 5.60. The number of nitrogen functional groups attached to an aromatic ring is 1. The third-order valence-electron chi connectivity index (χ3n) is 2.49. The van der Waals surface area contributed by atoms with Gasteiger partial charge in [-0.1, -0.05) is 0 Å². The number of hydrogen-bond donors (Lipinski definition) is 3. The average molecular weight is 262 g/mol. The summed E-state index contributed by atoms with van der Waals surface area (Å²) in [6, 6.07) is 5.84. The minimum Gasteiger partial charge on any atom is -0.423 e. The van der Waals surface area contributed by atoms with E-state index in [0.717, 1.165) is 5.52 Å². The summed E-state index contributed by atoms with van der Waals surface area (Å²) in [5.74, 6) is 0.00264. The van der Waals surface area contributed by atoms with Crippen LogP contribution < -0.4 is 16.4 Å². The molecular weight excluding hydrogens is 244 g/mol. The fraction of sp³-hybridized carbons (Fsp3) is 0.385. The molecule has 0 atom stereocenters. The van der Waals surface area contributed by atoms with Gasteiger partial charge in [0.05, 0.1) is 0 Å². The quantitative estimate of drug-likeness (QED) is 0.714. The molecule has 6 nitrogen and oxygen atoms in total. The molecular formula is C13H18N4O2. The zero-order chi connectivity index (χ0) is 13.8. The van der Waals surface area contributed by atoms with Crippen LogP contribution in [-0.4, -0.2) is 23.5 Å². The zero-order valence-corrected chi connectivity index (χ0v) is 11.1. The van der Waals surface area contributed by atoms with Crippen molar-refractivity contribution in [2.24, 2.45) is 0 Å². The molecule has 4 N–H and O–H groups in total. The van der Waals surface area contributed by atoms with Crippen LogP contribution in [0.3, 0.4) is 0 Å². The van der Waals surface area contributed by atoms with Crippen molar-refractivity contribution in [2.75, 3.05) is 17.6 Å². The molecule has 0 fully saturated rings. The Labute approximate surface area is 111 Å². The van der Waals surface area contributed by atoms with Crippen molar-refractivity contribution in [3.63, 3.8) is 0 Å². The predicted octanol–water partition coefficient (Wildman–Crippen LogP) is 1.74. The number of hydrogen-bond acceptors (Lipinski definition) is 5. The number of carbonyl (C=O) groups excluding carboxylic acids is 1. The Morgan fingerprint density at radius 3 is 3.00 bits per heavy atom. The Kier molecular flexibility index (Phi) is 3.89. The molecule has 19 heavy (non-hydrogen) atoms. The lowest BCUT2D eigenvalue weighted by atomic mass is 10.3. The Morgan fingerprint density at radius 2 is 2.26 bits per heavy atom. The third kappa shape index (κ3) is 3.61. The molecule has 0 saturated carbocycles. The van der Waals surface area contributed by atoms with Crippen molar-refractivity contribution in [1.29, 1.82) is 0 Å². The van der Waals surface area contributed by atoms with Crippen LogP contribution in [0.2, 0.25) is 0 Å². The van der Waals surface area contributed by atoms with Crippen LogP contribution >= 0.6 is 0 Å². The molecule has 1 aromatic heterocycles. The highest BCUT2D eigenvalue weighted by molar-refractivity contribution is 5.78. The summed E-state index contributed by atoms with van der Waals surface area (Å²) >= 11 is 0. The van der Waals surface area contributed by atoms with E-state index in [2.05, 4.69) is 15.6 Å². The summed E-state index contributed by atoms with van der Waals surface area (Å²) in [7, 11) is 0. The molecule has 2 aromatic rings. The molecule has 0 spiro atoms. The van der Waals surface area contributed by atoms with Gasteiger partial charge in [0, 0.05) is 30.8 Å². The van der Waals surface area contributed by atoms with Crippen LogP contribution in [-0.2, 0) is 4.79 Å². The molecule has 0 bridgehead atoms. The van der Waals surface area contributed by atoms with E-state index in [1.807, 2.05) is 13.8 Å². The van der Waals surface area contributed by atoms with E-state index in [0.29, 0.717) is 30.3 Å². The van der Waals surface area contributed by atoms with Gasteiger partial charge in [0.1, 0.15) is 5.52 Å². The number of nitrogens with zero attached hydrogens (tertiary/aromatic N) is 1. The highest BCUT2D eigenvalue weighted by atomic mass is 16.4. The van der Waals surface area contributed by atoms with Gasteiger partial charge in [0.25, 0.3) is 6.01 Å². The summed E-state index contributed by atoms with van der Waals surface area (Å²) in [6.07, 6.45) is 0.374. The molecule has 2 rings (SSSR count). The van der Waals surface area contributed by atoms with Gasteiger partial charge in [-0.2, -0.15) is 4.98 Å². The number of anilines is 2. The van der Waals surface area contributed by atoms with Crippen LogP contribution in [0.25, 0.3) is 11.1 Å². The van der Waals surface area contributed by atoms with Crippen LogP contribution in [0.4, 0.5) is 11.7 Å². The SMILES string of the molecule is CC(C)NC(=O)CCNc1nc2ccc(N)cc2o1. The van der Waals surface area contributed by atoms with Crippen LogP contribution in [0, 0.1) is 0 Å². The lowest BCUT2D eigenvalue weighted by molar-refractivity contribution is -0.121. The molecule has 1 amide bonds. The number of fused-ring (bicyclic) bond motifs is 1. The van der Waals surface area contributed by atoms with E-state index in [-0.39, 0.29) is 11.9 Å². The number of nitrogens with one attached hydrogen (secondary N) is 2. The number of oxazole rings is 1. The van der Waals surface area contributed by atoms with Gasteiger partial charge in [0.2, 0.25) is 5.91 Å². The summed E-state index contributed by atoms with van der Waals surface area (Å²) < 4.78 is 5.48. The van der Waals surface area contributed by atoms with Gasteiger partial charge < -0.3 is 20.8 Å². The van der Waals surface area contributed by atoms with Crippen molar-refractivity contribution in [3.8, 4) is 0 Å². The number of rotatable bonds is 5. The van der Waals surface area contributed by atoms with Crippen molar-refractivity contribution in [1.82, 2.24) is 10.3 Å². The third-order valence-corrected chi connectivity index (χ3v) is 2.49. The van der Waals surface area contributed by atoms with E-state index < -0.39 is 0 Å². The lowest BCUT2D eigenvalue weighted by Gasteiger charge is -2.07. The largest absolute Gasteiger partial charge is 0.423 e. The Hall–Kier alpha value is -2.24. The molecule has 102 valence electrons. The standard InChI is InChI=1S/C13H18N4O2/c1-8(2)16-12(18)5-6-15-13-17-10-4-3-9(14)7-11(10)19-13/h3-4,7-8H,5-6,14H2,1-2H3,(H,15,17)(H,16,18). The molecule has 0 aliphatic carbocycles. The highest BCUT2D eigenvalue weighted by Crippen LogP contribution is 2.20. The van der Waals surface area contributed by atoms with Crippen molar-refractivity contribution >= 4 is 28.7 Å². The highest BCUT2D eigenvalue weighted by Gasteiger charge is 2.07. The van der Waals surface area contributed by atoms with Gasteiger partial charge in [-0.15, -0.1) is 0 Å². The second-order valence-corrected chi connectivity index (χ2v) is 4.65. The van der Waals surface area contributed by atoms with Crippen LogP contribution in [0.1, 0.15) is 20.3 Å². The summed E-state index contributed by atoms with van der Waals surface area (Å²) in [5.41, 5.74) is 7.66. The minimum absolute atomic E-state index is 0.00264. The first-order valence-electron chi connectivity index (χ1n) is 6.24. The first-order chi connectivity index (χ1) is 9.04. The fourth-order valence-electron chi connectivity index (χ4n) is 1.69. The Bertz CT molecular complexity index is 577. The molecule has 0 aliphatic rings. The number of carbonyl (C=O) groups is 1. The van der Waals surface area contributed by atoms with E-state index >= 15 is 0 Å². The maximum Gasteiger partial charge on any atom is 0.295 e. The molecule has 1 heterocycles. The number of benzene rings is 1. The monoisotopic (exact) mass is 262 g/mol. The minimum atomic E-state index is 0.00264. The van der Waals surface area contributed by atoms with Crippen molar-refractivity contribution in [3.05, 3.63) is 18.2 Å². The fourth-order valence-corrected chi connectivity index (χ4v) is 1.69. The van der Waals surface area contributed by atoms with E-state index in [9.17, 15) is 4.79 Å². The van der Waals surface area contributed by atoms with Gasteiger partial charge in [-0.05, 0) is 26.0 Å². The average Bonchev–Trinajstić information content (AvgIpc) is 2.69. The van der Waals surface area contributed by atoms with Crippen molar-refractivity contribution < 1.29 is 9.21 Å². The summed E-state index contributed by atoms with van der Waals surface area (Å²) in [6.45, 7) is 4.33. The number of nitrogens with two attached hydrogens (primary N) is 1. The van der Waals surface area contributed by atoms with Crippen LogP contribution in [0.15, 0.2) is 22.6 Å². The molecule has 0 saturated heterocycles. The lowest BCUT2D eigenvalue weighted by Crippen LogP contribution is -2.31. The van der Waals surface area contributed by atoms with Gasteiger partial charge >= 0.3 is 0 Å². The van der Waals surface area contributed by atoms with Gasteiger partial charge in [0.15, 0.2) is 5.58 Å². The molecule has 6 heteroatoms. The number of aromatic nitrogens is 1. The van der Waals surface area contributed by atoms with E-state index in [1.54, 1.807) is 18.2 Å². The second-order valence-electron chi connectivity index (χ2n) is 4.65. The van der Waals surface area contributed by atoms with Crippen molar-refractivity contribution in [2.45, 2.75) is 26.3 Å². The molecule has 1 aromatic carbocycles. The van der Waals surface area contributed by atoms with E-state index in [1.165, 1.54) is 0 Å². The maximum atomic E-state index is 11.4. The number of amides is 1. The Balaban J connectivity index is 1.89. The topological polar surface area (TPSA) is 93.2 Å². The summed E-state index contributed by atoms with van der Waals surface area (Å²) in [4.78, 5) is 15.7. The molecule has 0 aliphatic heterocycles. The van der Waals surface area contributed by atoms with Crippen LogP contribution in [0.5, 0.6) is 0 Å². The van der Waals surface area contributed by atoms with E-state index in [4.69, 9.17) is 10.2 Å². The van der Waals surface area contributed by atoms with Gasteiger partial charge in [-0.25, -0.2) is 0 Å². The zero-order valence-electron chi connectivity index (χ0n) is 11.1. The maximum absolute atomic E-state index is 11.4. The summed E-state index contributed by atoms with van der Waals surface area (Å²) in [5, 5.41) is 5.79. The smallest absolute Gasteiger partial charge is 0.295 e.